The lowest BCUT2D eigenvalue weighted by atomic mass is 10.1. The maximum atomic E-state index is 12.9. The molecule has 0 aromatic heterocycles. The molecule has 1 heterocycles. The summed E-state index contributed by atoms with van der Waals surface area (Å²) in [6, 6.07) is 8.46. The van der Waals surface area contributed by atoms with E-state index in [1.54, 1.807) is 6.92 Å². The lowest BCUT2D eigenvalue weighted by Crippen LogP contribution is -2.53. The van der Waals surface area contributed by atoms with Crippen molar-refractivity contribution in [3.63, 3.8) is 0 Å². The SMILES string of the molecule is CCCC(C)N1CCN(C(=O)CN(CCC)CCc2cccc(C(C)=O)c2)CC1. The summed E-state index contributed by atoms with van der Waals surface area (Å²) in [4.78, 5) is 31.3. The maximum absolute atomic E-state index is 12.9. The molecule has 1 aliphatic rings. The molecule has 2 rings (SSSR count). The first kappa shape index (κ1) is 23.6. The van der Waals surface area contributed by atoms with Gasteiger partial charge >= 0.3 is 0 Å². The summed E-state index contributed by atoms with van der Waals surface area (Å²) >= 11 is 0. The van der Waals surface area contributed by atoms with Gasteiger partial charge in [-0.15, -0.1) is 0 Å². The van der Waals surface area contributed by atoms with Gasteiger partial charge in [-0.05, 0) is 51.3 Å². The molecule has 0 spiro atoms. The van der Waals surface area contributed by atoms with E-state index in [9.17, 15) is 9.59 Å². The standard InChI is InChI=1S/C24H39N3O2/c1-5-8-20(3)26-14-16-27(17-15-26)24(29)19-25(12-6-2)13-11-22-9-7-10-23(18-22)21(4)28/h7,9-10,18,20H,5-6,8,11-17,19H2,1-4H3. The number of hydrogen-bond donors (Lipinski definition) is 0. The van der Waals surface area contributed by atoms with Crippen LogP contribution in [-0.2, 0) is 11.2 Å². The number of amides is 1. The van der Waals surface area contributed by atoms with Gasteiger partial charge in [-0.25, -0.2) is 0 Å². The summed E-state index contributed by atoms with van der Waals surface area (Å²) < 4.78 is 0. The molecule has 0 aliphatic carbocycles. The molecule has 1 atom stereocenters. The van der Waals surface area contributed by atoms with Gasteiger partial charge in [0.2, 0.25) is 5.91 Å². The molecule has 1 amide bonds. The number of ketones is 1. The van der Waals surface area contributed by atoms with Gasteiger partial charge in [-0.1, -0.05) is 38.5 Å². The Labute approximate surface area is 177 Å². The molecule has 5 heteroatoms. The normalized spacial score (nSPS) is 16.2. The van der Waals surface area contributed by atoms with Crippen LogP contribution >= 0.6 is 0 Å². The second kappa shape index (κ2) is 12.1. The minimum Gasteiger partial charge on any atom is -0.339 e. The summed E-state index contributed by atoms with van der Waals surface area (Å²) in [5.74, 6) is 0.346. The number of nitrogens with zero attached hydrogens (tertiary/aromatic N) is 3. The van der Waals surface area contributed by atoms with Crippen molar-refractivity contribution in [1.29, 1.82) is 0 Å². The second-order valence-electron chi connectivity index (χ2n) is 8.34. The fourth-order valence-electron chi connectivity index (χ4n) is 4.12. The molecule has 0 radical (unpaired) electrons. The van der Waals surface area contributed by atoms with Crippen molar-refractivity contribution in [2.45, 2.75) is 59.4 Å². The lowest BCUT2D eigenvalue weighted by Gasteiger charge is -2.38. The predicted octanol–water partition coefficient (Wildman–Crippen LogP) is 3.48. The van der Waals surface area contributed by atoms with Crippen LogP contribution in [0.1, 0.15) is 62.9 Å². The van der Waals surface area contributed by atoms with Crippen molar-refractivity contribution >= 4 is 11.7 Å². The Hall–Kier alpha value is -1.72. The minimum atomic E-state index is 0.0971. The van der Waals surface area contributed by atoms with Crippen molar-refractivity contribution in [1.82, 2.24) is 14.7 Å². The molecular weight excluding hydrogens is 362 g/mol. The molecule has 1 unspecified atom stereocenters. The van der Waals surface area contributed by atoms with Gasteiger partial charge < -0.3 is 4.90 Å². The van der Waals surface area contributed by atoms with E-state index in [4.69, 9.17) is 0 Å². The number of piperazine rings is 1. The topological polar surface area (TPSA) is 43.9 Å². The van der Waals surface area contributed by atoms with E-state index >= 15 is 0 Å². The fraction of sp³-hybridized carbons (Fsp3) is 0.667. The number of hydrogen-bond acceptors (Lipinski definition) is 4. The smallest absolute Gasteiger partial charge is 0.236 e. The summed E-state index contributed by atoms with van der Waals surface area (Å²) in [7, 11) is 0. The van der Waals surface area contributed by atoms with E-state index < -0.39 is 0 Å². The zero-order chi connectivity index (χ0) is 21.2. The zero-order valence-electron chi connectivity index (χ0n) is 18.8. The van der Waals surface area contributed by atoms with E-state index in [0.717, 1.165) is 63.2 Å². The third-order valence-corrected chi connectivity index (χ3v) is 5.95. The lowest BCUT2D eigenvalue weighted by molar-refractivity contribution is -0.134. The summed E-state index contributed by atoms with van der Waals surface area (Å²) in [6.45, 7) is 14.2. The molecule has 0 N–H and O–H groups in total. The highest BCUT2D eigenvalue weighted by Gasteiger charge is 2.24. The van der Waals surface area contributed by atoms with Crippen LogP contribution in [0, 0.1) is 0 Å². The minimum absolute atomic E-state index is 0.0971. The third-order valence-electron chi connectivity index (χ3n) is 5.95. The largest absolute Gasteiger partial charge is 0.339 e. The van der Waals surface area contributed by atoms with Gasteiger partial charge in [0.25, 0.3) is 0 Å². The Balaban J connectivity index is 1.84. The molecule has 162 valence electrons. The van der Waals surface area contributed by atoms with Gasteiger partial charge in [0.15, 0.2) is 5.78 Å². The number of carbonyl (C=O) groups is 2. The first-order valence-corrected chi connectivity index (χ1v) is 11.3. The Bertz CT molecular complexity index is 653. The Morgan fingerprint density at radius 3 is 2.41 bits per heavy atom. The van der Waals surface area contributed by atoms with Gasteiger partial charge in [-0.2, -0.15) is 0 Å². The average molecular weight is 402 g/mol. The molecule has 1 aliphatic heterocycles. The zero-order valence-corrected chi connectivity index (χ0v) is 18.8. The van der Waals surface area contributed by atoms with E-state index in [-0.39, 0.29) is 11.7 Å². The summed E-state index contributed by atoms with van der Waals surface area (Å²) in [5.41, 5.74) is 1.92. The van der Waals surface area contributed by atoms with Gasteiger partial charge in [0, 0.05) is 44.3 Å². The molecule has 0 bridgehead atoms. The van der Waals surface area contributed by atoms with Crippen molar-refractivity contribution in [3.8, 4) is 0 Å². The Kier molecular flexibility index (Phi) is 9.82. The van der Waals surface area contributed by atoms with Gasteiger partial charge in [0.05, 0.1) is 6.54 Å². The predicted molar refractivity (Wildman–Crippen MR) is 119 cm³/mol. The molecule has 29 heavy (non-hydrogen) atoms. The third kappa shape index (κ3) is 7.56. The Morgan fingerprint density at radius 1 is 1.07 bits per heavy atom. The second-order valence-corrected chi connectivity index (χ2v) is 8.34. The van der Waals surface area contributed by atoms with Gasteiger partial charge in [0.1, 0.15) is 0 Å². The van der Waals surface area contributed by atoms with E-state index in [0.29, 0.717) is 12.6 Å². The van der Waals surface area contributed by atoms with Crippen LogP contribution in [0.4, 0.5) is 0 Å². The molecule has 1 fully saturated rings. The Morgan fingerprint density at radius 2 is 1.79 bits per heavy atom. The summed E-state index contributed by atoms with van der Waals surface area (Å²) in [6.07, 6.45) is 4.32. The van der Waals surface area contributed by atoms with Gasteiger partial charge in [-0.3, -0.25) is 19.4 Å². The van der Waals surface area contributed by atoms with E-state index in [2.05, 4.69) is 36.6 Å². The summed E-state index contributed by atoms with van der Waals surface area (Å²) in [5, 5.41) is 0. The van der Waals surface area contributed by atoms with Crippen LogP contribution in [-0.4, -0.2) is 78.2 Å². The number of rotatable bonds is 11. The monoisotopic (exact) mass is 401 g/mol. The van der Waals surface area contributed by atoms with Crippen LogP contribution < -0.4 is 0 Å². The van der Waals surface area contributed by atoms with Crippen LogP contribution in [0.15, 0.2) is 24.3 Å². The first-order chi connectivity index (χ1) is 13.9. The molecule has 1 saturated heterocycles. The highest BCUT2D eigenvalue weighted by Crippen LogP contribution is 2.12. The van der Waals surface area contributed by atoms with E-state index in [1.165, 1.54) is 12.8 Å². The average Bonchev–Trinajstić information content (AvgIpc) is 2.72. The number of carbonyl (C=O) groups excluding carboxylic acids is 2. The van der Waals surface area contributed by atoms with Crippen molar-refractivity contribution in [2.75, 3.05) is 45.8 Å². The number of Topliss-reactive ketones (excluding diaryl/α,β-unsaturated/α-hetero) is 1. The quantitative estimate of drug-likeness (QED) is 0.533. The fourth-order valence-corrected chi connectivity index (χ4v) is 4.12. The van der Waals surface area contributed by atoms with Crippen LogP contribution in [0.2, 0.25) is 0 Å². The highest BCUT2D eigenvalue weighted by molar-refractivity contribution is 5.94. The molecular formula is C24H39N3O2. The van der Waals surface area contributed by atoms with Crippen molar-refractivity contribution in [3.05, 3.63) is 35.4 Å². The van der Waals surface area contributed by atoms with Crippen LogP contribution in [0.5, 0.6) is 0 Å². The molecule has 0 saturated carbocycles. The highest BCUT2D eigenvalue weighted by atomic mass is 16.2. The number of benzene rings is 1. The molecule has 1 aromatic rings. The van der Waals surface area contributed by atoms with Crippen molar-refractivity contribution < 1.29 is 9.59 Å². The van der Waals surface area contributed by atoms with Crippen molar-refractivity contribution in [2.24, 2.45) is 0 Å². The molecule has 1 aromatic carbocycles. The van der Waals surface area contributed by atoms with Crippen LogP contribution in [0.3, 0.4) is 0 Å². The van der Waals surface area contributed by atoms with E-state index in [1.807, 2.05) is 23.1 Å². The molecule has 5 nitrogen and oxygen atoms in total. The maximum Gasteiger partial charge on any atom is 0.236 e. The van der Waals surface area contributed by atoms with Crippen LogP contribution in [0.25, 0.3) is 0 Å². The first-order valence-electron chi connectivity index (χ1n) is 11.3.